The molecule has 12 atom stereocenters. The van der Waals surface area contributed by atoms with Crippen molar-refractivity contribution in [2.45, 2.75) is 112 Å². The third-order valence-corrected chi connectivity index (χ3v) is 13.8. The zero-order chi connectivity index (χ0) is 26.5. The molecule has 204 valence electrons. The molecular formula is C31H50O5. The van der Waals surface area contributed by atoms with Gasteiger partial charge in [0, 0.05) is 5.41 Å². The molecule has 0 bridgehead atoms. The van der Waals surface area contributed by atoms with E-state index in [9.17, 15) is 25.2 Å². The SMILES string of the molecule is C[C@H]1[C@H](C)CC[C@]2(CC(=O)O)CC[C@]3(C)C(=CC[C@@H]4[C@@]5(C)C[C@@H](O)[C@H](O)[C@@](C)(CO)[C@@H]5CC[C@]43C)[C@H]12. The van der Waals surface area contributed by atoms with E-state index >= 15 is 0 Å². The monoisotopic (exact) mass is 502 g/mol. The minimum Gasteiger partial charge on any atom is -0.481 e. The predicted molar refractivity (Wildman–Crippen MR) is 140 cm³/mol. The van der Waals surface area contributed by atoms with Gasteiger partial charge in [0.25, 0.3) is 0 Å². The highest BCUT2D eigenvalue weighted by atomic mass is 16.4. The number of fused-ring (bicyclic) bond motifs is 7. The molecule has 36 heavy (non-hydrogen) atoms. The molecule has 0 aliphatic heterocycles. The van der Waals surface area contributed by atoms with Crippen molar-refractivity contribution >= 4 is 5.97 Å². The van der Waals surface area contributed by atoms with Crippen LogP contribution in [0.15, 0.2) is 11.6 Å². The topological polar surface area (TPSA) is 98.0 Å². The average Bonchev–Trinajstić information content (AvgIpc) is 2.80. The van der Waals surface area contributed by atoms with Crippen LogP contribution in [0.5, 0.6) is 0 Å². The number of rotatable bonds is 3. The number of allylic oxidation sites excluding steroid dienone is 2. The molecule has 4 N–H and O–H groups in total. The van der Waals surface area contributed by atoms with Crippen LogP contribution >= 0.6 is 0 Å². The van der Waals surface area contributed by atoms with Crippen molar-refractivity contribution in [3.8, 4) is 0 Å². The maximum absolute atomic E-state index is 12.1. The maximum atomic E-state index is 12.1. The Labute approximate surface area is 217 Å². The lowest BCUT2D eigenvalue weighted by atomic mass is 9.33. The highest BCUT2D eigenvalue weighted by molar-refractivity contribution is 5.68. The molecule has 5 nitrogen and oxygen atoms in total. The van der Waals surface area contributed by atoms with Crippen LogP contribution in [0.2, 0.25) is 0 Å². The Balaban J connectivity index is 1.61. The van der Waals surface area contributed by atoms with Crippen molar-refractivity contribution < 1.29 is 25.2 Å². The maximum Gasteiger partial charge on any atom is 0.303 e. The first kappa shape index (κ1) is 26.7. The number of hydrogen-bond donors (Lipinski definition) is 4. The second-order valence-corrected chi connectivity index (χ2v) is 15.0. The van der Waals surface area contributed by atoms with Gasteiger partial charge < -0.3 is 20.4 Å². The van der Waals surface area contributed by atoms with Crippen molar-refractivity contribution in [1.82, 2.24) is 0 Å². The Morgan fingerprint density at radius 2 is 1.69 bits per heavy atom. The zero-order valence-corrected chi connectivity index (χ0v) is 23.4. The van der Waals surface area contributed by atoms with Gasteiger partial charge in [-0.25, -0.2) is 0 Å². The number of carboxylic acids is 1. The fourth-order valence-electron chi connectivity index (χ4n) is 11.4. The van der Waals surface area contributed by atoms with Crippen LogP contribution in [0.3, 0.4) is 0 Å². The average molecular weight is 503 g/mol. The molecule has 0 radical (unpaired) electrons. The second kappa shape index (κ2) is 8.29. The summed E-state index contributed by atoms with van der Waals surface area (Å²) in [7, 11) is 0. The lowest BCUT2D eigenvalue weighted by molar-refractivity contribution is -0.244. The third kappa shape index (κ3) is 3.21. The molecule has 5 rings (SSSR count). The van der Waals surface area contributed by atoms with Crippen LogP contribution < -0.4 is 0 Å². The first-order valence-electron chi connectivity index (χ1n) is 14.6. The van der Waals surface area contributed by atoms with E-state index in [4.69, 9.17) is 0 Å². The quantitative estimate of drug-likeness (QED) is 0.386. The number of aliphatic hydroxyl groups excluding tert-OH is 3. The van der Waals surface area contributed by atoms with E-state index in [1.807, 2.05) is 6.92 Å². The van der Waals surface area contributed by atoms with Crippen LogP contribution in [0.4, 0.5) is 0 Å². The summed E-state index contributed by atoms with van der Waals surface area (Å²) >= 11 is 0. The summed E-state index contributed by atoms with van der Waals surface area (Å²) in [5, 5.41) is 42.4. The molecule has 0 unspecified atom stereocenters. The van der Waals surface area contributed by atoms with Crippen LogP contribution in [0, 0.1) is 56.7 Å². The smallest absolute Gasteiger partial charge is 0.303 e. The molecule has 4 saturated carbocycles. The van der Waals surface area contributed by atoms with E-state index in [-0.39, 0.29) is 40.6 Å². The van der Waals surface area contributed by atoms with Gasteiger partial charge in [-0.1, -0.05) is 53.2 Å². The molecule has 0 aromatic rings. The van der Waals surface area contributed by atoms with E-state index < -0.39 is 23.6 Å². The van der Waals surface area contributed by atoms with Crippen molar-refractivity contribution in [3.63, 3.8) is 0 Å². The van der Waals surface area contributed by atoms with Crippen LogP contribution in [0.1, 0.15) is 99.3 Å². The van der Waals surface area contributed by atoms with Crippen molar-refractivity contribution in [2.24, 2.45) is 56.7 Å². The first-order valence-corrected chi connectivity index (χ1v) is 14.6. The number of carbonyl (C=O) groups is 1. The number of carboxylic acid groups (broad SMARTS) is 1. The lowest BCUT2D eigenvalue weighted by Gasteiger charge is -2.72. The molecule has 5 heteroatoms. The van der Waals surface area contributed by atoms with Gasteiger partial charge in [-0.05, 0) is 103 Å². The van der Waals surface area contributed by atoms with E-state index in [1.165, 1.54) is 5.57 Å². The summed E-state index contributed by atoms with van der Waals surface area (Å²) in [6.45, 7) is 13.9. The van der Waals surface area contributed by atoms with Gasteiger partial charge in [0.15, 0.2) is 0 Å². The number of hydrogen-bond acceptors (Lipinski definition) is 4. The van der Waals surface area contributed by atoms with Gasteiger partial charge in [-0.15, -0.1) is 0 Å². The molecule has 5 aliphatic carbocycles. The minimum absolute atomic E-state index is 0.00147. The van der Waals surface area contributed by atoms with Crippen molar-refractivity contribution in [3.05, 3.63) is 11.6 Å². The van der Waals surface area contributed by atoms with Crippen molar-refractivity contribution in [1.29, 1.82) is 0 Å². The van der Waals surface area contributed by atoms with Crippen molar-refractivity contribution in [2.75, 3.05) is 6.61 Å². The molecule has 0 aromatic heterocycles. The Hall–Kier alpha value is -0.910. The zero-order valence-electron chi connectivity index (χ0n) is 23.4. The van der Waals surface area contributed by atoms with Gasteiger partial charge in [-0.2, -0.15) is 0 Å². The van der Waals surface area contributed by atoms with Crippen LogP contribution in [0.25, 0.3) is 0 Å². The molecule has 5 aliphatic rings. The van der Waals surface area contributed by atoms with Gasteiger partial charge in [-0.3, -0.25) is 4.79 Å². The molecular weight excluding hydrogens is 452 g/mol. The van der Waals surface area contributed by atoms with Gasteiger partial charge in [0.1, 0.15) is 0 Å². The fourth-order valence-corrected chi connectivity index (χ4v) is 11.4. The van der Waals surface area contributed by atoms with E-state index in [0.29, 0.717) is 30.1 Å². The van der Waals surface area contributed by atoms with Gasteiger partial charge in [0.2, 0.25) is 0 Å². The third-order valence-electron chi connectivity index (χ3n) is 13.8. The second-order valence-electron chi connectivity index (χ2n) is 15.0. The summed E-state index contributed by atoms with van der Waals surface area (Å²) in [6, 6.07) is 0. The van der Waals surface area contributed by atoms with Crippen LogP contribution in [-0.2, 0) is 4.79 Å². The Morgan fingerprint density at radius 3 is 2.33 bits per heavy atom. The number of aliphatic hydroxyl groups is 3. The molecule has 4 fully saturated rings. The lowest BCUT2D eigenvalue weighted by Crippen LogP contribution is -2.68. The molecule has 0 saturated heterocycles. The Bertz CT molecular complexity index is 945. The largest absolute Gasteiger partial charge is 0.481 e. The van der Waals surface area contributed by atoms with E-state index in [0.717, 1.165) is 44.9 Å². The highest BCUT2D eigenvalue weighted by Crippen LogP contribution is 2.76. The summed E-state index contributed by atoms with van der Waals surface area (Å²) in [6.07, 6.45) is 8.74. The molecule has 0 amide bonds. The Morgan fingerprint density at radius 1 is 1.00 bits per heavy atom. The summed E-state index contributed by atoms with van der Waals surface area (Å²) < 4.78 is 0. The van der Waals surface area contributed by atoms with Crippen LogP contribution in [-0.4, -0.2) is 45.2 Å². The number of aliphatic carboxylic acids is 1. The summed E-state index contributed by atoms with van der Waals surface area (Å²) in [5.74, 6) is 1.25. The summed E-state index contributed by atoms with van der Waals surface area (Å²) in [4.78, 5) is 12.1. The van der Waals surface area contributed by atoms with E-state index in [2.05, 4.69) is 40.7 Å². The van der Waals surface area contributed by atoms with Gasteiger partial charge in [0.05, 0.1) is 25.2 Å². The predicted octanol–water partition coefficient (Wildman–Crippen LogP) is 5.42. The molecule has 0 heterocycles. The minimum atomic E-state index is -0.897. The van der Waals surface area contributed by atoms with Gasteiger partial charge >= 0.3 is 5.97 Å². The van der Waals surface area contributed by atoms with E-state index in [1.54, 1.807) is 0 Å². The normalized spacial score (nSPS) is 56.5. The molecule has 0 aromatic carbocycles. The Kier molecular flexibility index (Phi) is 6.15. The first-order chi connectivity index (χ1) is 16.7. The highest BCUT2D eigenvalue weighted by Gasteiger charge is 2.70. The summed E-state index contributed by atoms with van der Waals surface area (Å²) in [5.41, 5.74) is 0.573. The standard InChI is InChI=1S/C31H50O5/c1-18-9-12-31(16-24(34)35)14-13-29(5)20(25(31)19(18)2)7-8-23-27(3)15-21(33)26(36)28(4,17-32)22(27)10-11-30(23,29)6/h7,18-19,21-23,25-26,32-33,36H,8-17H2,1-6H3,(H,34,35)/t18-,19+,21-,22-,23-,25+,26+,27+,28+,29-,30-,31-/m1/s1. The molecule has 0 spiro atoms. The fraction of sp³-hybridized carbons (Fsp3) is 0.903.